The molecule has 0 N–H and O–H groups in total. The molecule has 5 aromatic carbocycles. The van der Waals surface area contributed by atoms with Crippen molar-refractivity contribution in [3.63, 3.8) is 0 Å². The first kappa shape index (κ1) is 21.4. The molecule has 168 valence electrons. The third kappa shape index (κ3) is 3.63. The fourth-order valence-electron chi connectivity index (χ4n) is 6.09. The molecule has 1 aliphatic carbocycles. The molecule has 6 rings (SSSR count). The van der Waals surface area contributed by atoms with E-state index in [2.05, 4.69) is 152 Å². The molecule has 0 aromatic heterocycles. The highest BCUT2D eigenvalue weighted by Gasteiger charge is 2.51. The van der Waals surface area contributed by atoms with Crippen molar-refractivity contribution in [2.24, 2.45) is 0 Å². The van der Waals surface area contributed by atoms with Crippen LogP contribution in [0.4, 0.5) is 0 Å². The van der Waals surface area contributed by atoms with Gasteiger partial charge in [-0.25, -0.2) is 0 Å². The topological polar surface area (TPSA) is 0 Å². The van der Waals surface area contributed by atoms with Crippen LogP contribution in [0.2, 0.25) is 0 Å². The van der Waals surface area contributed by atoms with Gasteiger partial charge >= 0.3 is 0 Å². The van der Waals surface area contributed by atoms with Gasteiger partial charge in [-0.2, -0.15) is 0 Å². The molecular weight excluding hydrogens is 420 g/mol. The molecule has 0 bridgehead atoms. The average molecular weight is 449 g/mol. The van der Waals surface area contributed by atoms with Crippen LogP contribution < -0.4 is 0 Å². The molecule has 0 saturated heterocycles. The van der Waals surface area contributed by atoms with Gasteiger partial charge in [-0.15, -0.1) is 0 Å². The zero-order chi connectivity index (χ0) is 23.5. The van der Waals surface area contributed by atoms with Gasteiger partial charge in [0.15, 0.2) is 0 Å². The van der Waals surface area contributed by atoms with Crippen LogP contribution in [0.1, 0.15) is 40.2 Å². The predicted octanol–water partition coefficient (Wildman–Crippen LogP) is 8.77. The molecule has 0 amide bonds. The molecule has 0 radical (unpaired) electrons. The summed E-state index contributed by atoms with van der Waals surface area (Å²) in [5.41, 5.74) is 9.16. The van der Waals surface area contributed by atoms with E-state index in [1.54, 1.807) is 0 Å². The van der Waals surface area contributed by atoms with Crippen LogP contribution in [0.25, 0.3) is 11.1 Å². The Hall–Kier alpha value is -4.16. The van der Waals surface area contributed by atoms with Crippen LogP contribution in [-0.2, 0) is 5.41 Å². The smallest absolute Gasteiger partial charge is 0.0531 e. The minimum Gasteiger partial charge on any atom is -0.0622 e. The summed E-state index contributed by atoms with van der Waals surface area (Å²) in [7, 11) is 0. The second-order valence-electron chi connectivity index (χ2n) is 9.29. The van der Waals surface area contributed by atoms with E-state index in [-0.39, 0.29) is 11.3 Å². The number of benzene rings is 5. The number of hydrogen-bond donors (Lipinski definition) is 0. The van der Waals surface area contributed by atoms with Crippen molar-refractivity contribution >= 4 is 11.1 Å². The molecule has 0 heteroatoms. The Morgan fingerprint density at radius 1 is 0.429 bits per heavy atom. The van der Waals surface area contributed by atoms with Crippen LogP contribution in [0.5, 0.6) is 0 Å². The quantitative estimate of drug-likeness (QED) is 0.252. The second kappa shape index (κ2) is 9.24. The van der Waals surface area contributed by atoms with Gasteiger partial charge in [0, 0.05) is 5.92 Å². The monoisotopic (exact) mass is 448 g/mol. The molecule has 0 heterocycles. The van der Waals surface area contributed by atoms with Gasteiger partial charge < -0.3 is 0 Å². The molecule has 1 unspecified atom stereocenters. The van der Waals surface area contributed by atoms with Gasteiger partial charge in [0.05, 0.1) is 5.41 Å². The van der Waals surface area contributed by atoms with Gasteiger partial charge in [-0.1, -0.05) is 152 Å². The van der Waals surface area contributed by atoms with Crippen LogP contribution in [0.15, 0.2) is 152 Å². The van der Waals surface area contributed by atoms with Crippen molar-refractivity contribution in [2.45, 2.75) is 17.8 Å². The molecule has 0 fully saturated rings. The Kier molecular flexibility index (Phi) is 5.64. The van der Waals surface area contributed by atoms with Crippen molar-refractivity contribution in [3.8, 4) is 0 Å². The number of hydrogen-bond acceptors (Lipinski definition) is 0. The predicted molar refractivity (Wildman–Crippen MR) is 147 cm³/mol. The summed E-state index contributed by atoms with van der Waals surface area (Å²) in [6.07, 6.45) is 0.974. The lowest BCUT2D eigenvalue weighted by Gasteiger charge is -2.40. The maximum atomic E-state index is 2.32. The summed E-state index contributed by atoms with van der Waals surface area (Å²) >= 11 is 0. The Balaban J connectivity index is 1.77. The summed E-state index contributed by atoms with van der Waals surface area (Å²) in [5, 5.41) is 0. The van der Waals surface area contributed by atoms with Crippen LogP contribution in [-0.4, -0.2) is 0 Å². The fraction of sp³-hybridized carbons (Fsp3) is 0.0857. The lowest BCUT2D eigenvalue weighted by molar-refractivity contribution is 0.543. The average Bonchev–Trinajstić information content (AvgIpc) is 3.32. The highest BCUT2D eigenvalue weighted by Crippen LogP contribution is 2.63. The molecule has 5 aromatic rings. The number of rotatable bonds is 5. The standard InChI is InChI=1S/C35H28/c1-6-16-27(17-7-1)32-26-33(28-18-8-2-9-19-28)35(30-22-12-4-13-23-30,31-24-14-5-15-25-31)34(32)29-20-10-3-11-21-29/h1-25,33H,26H2. The Bertz CT molecular complexity index is 1380. The van der Waals surface area contributed by atoms with Crippen molar-refractivity contribution in [1.29, 1.82) is 0 Å². The van der Waals surface area contributed by atoms with E-state index >= 15 is 0 Å². The first-order valence-electron chi connectivity index (χ1n) is 12.4. The SMILES string of the molecule is c1ccc(C2=C(c3ccccc3)C(c3ccccc3)(c3ccccc3)C(c3ccccc3)C2)cc1. The van der Waals surface area contributed by atoms with E-state index in [0.717, 1.165) is 6.42 Å². The van der Waals surface area contributed by atoms with Gasteiger partial charge in [0.1, 0.15) is 0 Å². The molecule has 1 atom stereocenters. The Labute approximate surface area is 208 Å². The molecule has 35 heavy (non-hydrogen) atoms. The summed E-state index contributed by atoms with van der Waals surface area (Å²) in [6.45, 7) is 0. The zero-order valence-corrected chi connectivity index (χ0v) is 19.7. The molecule has 1 aliphatic rings. The molecule has 0 saturated carbocycles. The van der Waals surface area contributed by atoms with Gasteiger partial charge in [0.25, 0.3) is 0 Å². The summed E-state index contributed by atoms with van der Waals surface area (Å²) in [6, 6.07) is 55.3. The molecule has 0 spiro atoms. The summed E-state index contributed by atoms with van der Waals surface area (Å²) in [5.74, 6) is 0.263. The summed E-state index contributed by atoms with van der Waals surface area (Å²) < 4.78 is 0. The van der Waals surface area contributed by atoms with E-state index < -0.39 is 0 Å². The lowest BCUT2D eigenvalue weighted by Crippen LogP contribution is -2.33. The molecular formula is C35H28. The third-order valence-electron chi connectivity index (χ3n) is 7.47. The van der Waals surface area contributed by atoms with E-state index in [0.29, 0.717) is 0 Å². The third-order valence-corrected chi connectivity index (χ3v) is 7.47. The van der Waals surface area contributed by atoms with Gasteiger partial charge in [-0.3, -0.25) is 0 Å². The zero-order valence-electron chi connectivity index (χ0n) is 19.7. The Morgan fingerprint density at radius 3 is 1.31 bits per heavy atom. The number of allylic oxidation sites excluding steroid dienone is 2. The maximum absolute atomic E-state index is 2.32. The minimum atomic E-state index is -0.323. The normalized spacial score (nSPS) is 16.9. The summed E-state index contributed by atoms with van der Waals surface area (Å²) in [4.78, 5) is 0. The molecule has 0 nitrogen and oxygen atoms in total. The fourth-order valence-corrected chi connectivity index (χ4v) is 6.09. The van der Waals surface area contributed by atoms with Crippen LogP contribution in [0.3, 0.4) is 0 Å². The Morgan fingerprint density at radius 2 is 0.829 bits per heavy atom. The maximum Gasteiger partial charge on any atom is 0.0531 e. The lowest BCUT2D eigenvalue weighted by atomic mass is 9.61. The van der Waals surface area contributed by atoms with Crippen molar-refractivity contribution in [3.05, 3.63) is 179 Å². The van der Waals surface area contributed by atoms with E-state index in [4.69, 9.17) is 0 Å². The van der Waals surface area contributed by atoms with E-state index in [9.17, 15) is 0 Å². The van der Waals surface area contributed by atoms with E-state index in [1.807, 2.05) is 0 Å². The van der Waals surface area contributed by atoms with E-state index in [1.165, 1.54) is 39.0 Å². The van der Waals surface area contributed by atoms with Crippen molar-refractivity contribution in [2.75, 3.05) is 0 Å². The highest BCUT2D eigenvalue weighted by molar-refractivity contribution is 6.01. The molecule has 0 aliphatic heterocycles. The first-order chi connectivity index (χ1) is 17.4. The van der Waals surface area contributed by atoms with Crippen molar-refractivity contribution < 1.29 is 0 Å². The van der Waals surface area contributed by atoms with Crippen molar-refractivity contribution in [1.82, 2.24) is 0 Å². The van der Waals surface area contributed by atoms with Gasteiger partial charge in [-0.05, 0) is 45.4 Å². The minimum absolute atomic E-state index is 0.263. The van der Waals surface area contributed by atoms with Gasteiger partial charge in [0.2, 0.25) is 0 Å². The van der Waals surface area contributed by atoms with Crippen LogP contribution in [0, 0.1) is 0 Å². The highest BCUT2D eigenvalue weighted by atomic mass is 14.5. The first-order valence-corrected chi connectivity index (χ1v) is 12.4. The van der Waals surface area contributed by atoms with Crippen LogP contribution >= 0.6 is 0 Å². The largest absolute Gasteiger partial charge is 0.0622 e. The second-order valence-corrected chi connectivity index (χ2v) is 9.29.